The zero-order chi connectivity index (χ0) is 2.71. The van der Waals surface area contributed by atoms with Crippen molar-refractivity contribution in [2.24, 2.45) is 0 Å². The predicted octanol–water partition coefficient (Wildman–Crippen LogP) is 0.113. The first-order valence-electron chi connectivity index (χ1n) is 0.704. The summed E-state index contributed by atoms with van der Waals surface area (Å²) in [6, 6.07) is 0. The fourth-order valence-corrected chi connectivity index (χ4v) is 0. The second-order valence-corrected chi connectivity index (χ2v) is 0.204. The second-order valence-electron chi connectivity index (χ2n) is 0.204. The fraction of sp³-hybridized carbons (Fsp3) is 0.500. The van der Waals surface area contributed by atoms with Gasteiger partial charge in [0.1, 0.15) is 0 Å². The third kappa shape index (κ3) is 30.9. The van der Waals surface area contributed by atoms with Crippen molar-refractivity contribution in [3.8, 4) is 0 Å². The van der Waals surface area contributed by atoms with Gasteiger partial charge in [0.25, 0.3) is 0 Å². The van der Waals surface area contributed by atoms with Crippen LogP contribution in [0, 0.1) is 0 Å². The van der Waals surface area contributed by atoms with Gasteiger partial charge in [0, 0.05) is 21.7 Å². The Hall–Kier alpha value is 0.384. The molecule has 0 saturated carbocycles. The zero-order valence-corrected chi connectivity index (χ0v) is 3.97. The molecule has 0 fully saturated rings. The van der Waals surface area contributed by atoms with E-state index in [1.807, 2.05) is 0 Å². The van der Waals surface area contributed by atoms with Crippen LogP contribution in [0.15, 0.2) is 0 Å². The Kier molecular flexibility index (Phi) is 22.2. The molecule has 0 bridgehead atoms. The molecule has 2 heteroatoms. The summed E-state index contributed by atoms with van der Waals surface area (Å²) in [7, 11) is 0. The molecule has 0 heterocycles. The van der Waals surface area contributed by atoms with E-state index >= 15 is 0 Å². The Morgan fingerprint density at radius 3 is 1.75 bits per heavy atom. The molecule has 0 radical (unpaired) electrons. The van der Waals surface area contributed by atoms with Crippen molar-refractivity contribution >= 4 is 6.29 Å². The van der Waals surface area contributed by atoms with Gasteiger partial charge in [-0.2, -0.15) is 6.92 Å². The standard InChI is InChI=1S/C2H3O.Ti/c1-2-3;/h1H3;/q-1;. The van der Waals surface area contributed by atoms with Gasteiger partial charge >= 0.3 is 0 Å². The number of hydrogen-bond acceptors (Lipinski definition) is 1. The van der Waals surface area contributed by atoms with E-state index in [0.29, 0.717) is 0 Å². The van der Waals surface area contributed by atoms with E-state index in [4.69, 9.17) is 4.79 Å². The van der Waals surface area contributed by atoms with Crippen LogP contribution in [0.5, 0.6) is 0 Å². The summed E-state index contributed by atoms with van der Waals surface area (Å²) < 4.78 is 0. The van der Waals surface area contributed by atoms with Crippen LogP contribution in [0.3, 0.4) is 0 Å². The van der Waals surface area contributed by atoms with E-state index in [1.165, 1.54) is 13.2 Å². The number of rotatable bonds is 0. The largest absolute Gasteiger partial charge is 0.542 e. The molecule has 0 saturated heterocycles. The molecule has 0 unspecified atom stereocenters. The van der Waals surface area contributed by atoms with Gasteiger partial charge in [0.05, 0.1) is 0 Å². The van der Waals surface area contributed by atoms with E-state index in [-0.39, 0.29) is 21.7 Å². The molecule has 0 aliphatic rings. The van der Waals surface area contributed by atoms with Crippen LogP contribution in [0.2, 0.25) is 0 Å². The van der Waals surface area contributed by atoms with Crippen molar-refractivity contribution in [1.82, 2.24) is 0 Å². The van der Waals surface area contributed by atoms with Gasteiger partial charge in [-0.05, 0) is 0 Å². The van der Waals surface area contributed by atoms with E-state index in [9.17, 15) is 0 Å². The fourth-order valence-electron chi connectivity index (χ4n) is 0. The average Bonchev–Trinajstić information content (AvgIpc) is 0.918. The SMILES string of the molecule is C[C-]=O.[Ti]. The summed E-state index contributed by atoms with van der Waals surface area (Å²) in [5.74, 6) is 0. The second kappa shape index (κ2) is 10.0. The monoisotopic (exact) mass is 91.0 g/mol. The van der Waals surface area contributed by atoms with Gasteiger partial charge in [-0.15, -0.1) is 0 Å². The van der Waals surface area contributed by atoms with E-state index in [2.05, 4.69) is 0 Å². The van der Waals surface area contributed by atoms with Gasteiger partial charge in [-0.1, -0.05) is 0 Å². The number of carbonyl (C=O) groups excluding carboxylic acids is 1. The molecule has 0 aliphatic heterocycles. The molecule has 0 rings (SSSR count). The molecule has 0 aromatic carbocycles. The van der Waals surface area contributed by atoms with Crippen molar-refractivity contribution in [2.45, 2.75) is 6.92 Å². The average molecular weight is 90.9 g/mol. The summed E-state index contributed by atoms with van der Waals surface area (Å²) in [5.41, 5.74) is 0. The Labute approximate surface area is 40.3 Å². The minimum atomic E-state index is 0. The van der Waals surface area contributed by atoms with Crippen molar-refractivity contribution in [1.29, 1.82) is 0 Å². The first-order valence-corrected chi connectivity index (χ1v) is 0.704. The summed E-state index contributed by atoms with van der Waals surface area (Å²) in [5, 5.41) is 0. The molecule has 0 amide bonds. The van der Waals surface area contributed by atoms with E-state index in [1.54, 1.807) is 0 Å². The molecular weight excluding hydrogens is 87.9 g/mol. The van der Waals surface area contributed by atoms with E-state index in [0.717, 1.165) is 0 Å². The molecular formula is C2H3OTi-. The Balaban J connectivity index is 0. The summed E-state index contributed by atoms with van der Waals surface area (Å²) in [6.45, 7) is 1.32. The van der Waals surface area contributed by atoms with Crippen LogP contribution >= 0.6 is 0 Å². The van der Waals surface area contributed by atoms with Crippen molar-refractivity contribution in [2.75, 3.05) is 0 Å². The Morgan fingerprint density at radius 1 is 1.75 bits per heavy atom. The van der Waals surface area contributed by atoms with Crippen molar-refractivity contribution in [3.63, 3.8) is 0 Å². The Morgan fingerprint density at radius 2 is 1.75 bits per heavy atom. The van der Waals surface area contributed by atoms with Crippen LogP contribution in [-0.2, 0) is 26.5 Å². The molecule has 0 aliphatic carbocycles. The first kappa shape index (κ1) is 8.83. The molecule has 22 valence electrons. The molecule has 0 aromatic heterocycles. The minimum Gasteiger partial charge on any atom is -0.542 e. The van der Waals surface area contributed by atoms with Crippen molar-refractivity contribution in [3.05, 3.63) is 0 Å². The molecule has 1 nitrogen and oxygen atoms in total. The summed E-state index contributed by atoms with van der Waals surface area (Å²) in [6.07, 6.45) is 1.50. The minimum absolute atomic E-state index is 0. The third-order valence-electron chi connectivity index (χ3n) is 0. The van der Waals surface area contributed by atoms with Crippen LogP contribution in [0.25, 0.3) is 0 Å². The number of hydrogen-bond donors (Lipinski definition) is 0. The maximum Gasteiger partial charge on any atom is 0 e. The van der Waals surface area contributed by atoms with Gasteiger partial charge in [0.15, 0.2) is 0 Å². The smallest absolute Gasteiger partial charge is 0 e. The zero-order valence-electron chi connectivity index (χ0n) is 2.41. The maximum absolute atomic E-state index is 8.68. The predicted molar refractivity (Wildman–Crippen MR) is 11.4 cm³/mol. The van der Waals surface area contributed by atoms with E-state index < -0.39 is 0 Å². The third-order valence-corrected chi connectivity index (χ3v) is 0. The normalized spacial score (nSPS) is 3.25. The van der Waals surface area contributed by atoms with Crippen molar-refractivity contribution < 1.29 is 26.5 Å². The summed E-state index contributed by atoms with van der Waals surface area (Å²) in [4.78, 5) is 8.68. The van der Waals surface area contributed by atoms with Crippen LogP contribution < -0.4 is 0 Å². The van der Waals surface area contributed by atoms with Gasteiger partial charge in [-0.3, -0.25) is 6.29 Å². The quantitative estimate of drug-likeness (QED) is 0.305. The topological polar surface area (TPSA) is 17.1 Å². The molecule has 4 heavy (non-hydrogen) atoms. The summed E-state index contributed by atoms with van der Waals surface area (Å²) >= 11 is 0. The van der Waals surface area contributed by atoms with Gasteiger partial charge in [0.2, 0.25) is 0 Å². The molecule has 0 N–H and O–H groups in total. The maximum atomic E-state index is 8.68. The Bertz CT molecular complexity index is 13.5. The molecule has 0 atom stereocenters. The van der Waals surface area contributed by atoms with Crippen LogP contribution in [0.4, 0.5) is 0 Å². The van der Waals surface area contributed by atoms with Crippen LogP contribution in [-0.4, -0.2) is 6.29 Å². The van der Waals surface area contributed by atoms with Gasteiger partial charge < -0.3 is 4.79 Å². The molecule has 0 spiro atoms. The van der Waals surface area contributed by atoms with Crippen LogP contribution in [0.1, 0.15) is 6.92 Å². The molecule has 0 aromatic rings. The van der Waals surface area contributed by atoms with Gasteiger partial charge in [-0.25, -0.2) is 0 Å². The first-order chi connectivity index (χ1) is 1.41.